The molecule has 3 heteroatoms. The average molecular weight is 272 g/mol. The van der Waals surface area contributed by atoms with E-state index in [0.29, 0.717) is 18.4 Å². The first-order chi connectivity index (χ1) is 9.84. The van der Waals surface area contributed by atoms with E-state index in [9.17, 15) is 4.79 Å². The van der Waals surface area contributed by atoms with Gasteiger partial charge in [-0.25, -0.2) is 0 Å². The van der Waals surface area contributed by atoms with Gasteiger partial charge in [-0.3, -0.25) is 4.79 Å². The minimum atomic E-state index is 0.297. The number of fused-ring (bicyclic) bond motifs is 1. The zero-order valence-corrected chi connectivity index (χ0v) is 12.1. The van der Waals surface area contributed by atoms with Crippen LogP contribution in [0.3, 0.4) is 0 Å². The third-order valence-corrected chi connectivity index (χ3v) is 4.53. The summed E-state index contributed by atoms with van der Waals surface area (Å²) in [7, 11) is 0. The number of benzene rings is 1. The molecule has 1 amide bonds. The third-order valence-electron chi connectivity index (χ3n) is 4.53. The molecule has 1 aromatic rings. The van der Waals surface area contributed by atoms with Crippen molar-refractivity contribution in [1.82, 2.24) is 5.32 Å². The quantitative estimate of drug-likeness (QED) is 0.917. The first-order valence-corrected chi connectivity index (χ1v) is 7.96. The largest absolute Gasteiger partial charge is 0.314 e. The maximum absolute atomic E-state index is 12.4. The zero-order chi connectivity index (χ0) is 13.8. The number of aryl methyl sites for hydroxylation is 1. The van der Waals surface area contributed by atoms with Gasteiger partial charge in [0.15, 0.2) is 0 Å². The van der Waals surface area contributed by atoms with E-state index in [1.54, 1.807) is 0 Å². The van der Waals surface area contributed by atoms with Crippen molar-refractivity contribution < 1.29 is 4.79 Å². The second kappa shape index (κ2) is 6.40. The SMILES string of the molecule is O=C1CCCc2ccccc2N1CCC1CCCCN1. The summed E-state index contributed by atoms with van der Waals surface area (Å²) in [6.45, 7) is 1.99. The van der Waals surface area contributed by atoms with Crippen molar-refractivity contribution in [2.24, 2.45) is 0 Å². The summed E-state index contributed by atoms with van der Waals surface area (Å²) in [5.74, 6) is 0.297. The molecule has 0 bridgehead atoms. The Hall–Kier alpha value is -1.35. The van der Waals surface area contributed by atoms with Crippen LogP contribution >= 0.6 is 0 Å². The molecular weight excluding hydrogens is 248 g/mol. The highest BCUT2D eigenvalue weighted by Gasteiger charge is 2.23. The van der Waals surface area contributed by atoms with Crippen molar-refractivity contribution >= 4 is 11.6 Å². The highest BCUT2D eigenvalue weighted by atomic mass is 16.2. The second-order valence-corrected chi connectivity index (χ2v) is 5.96. The number of para-hydroxylation sites is 1. The van der Waals surface area contributed by atoms with Crippen LogP contribution in [0.15, 0.2) is 24.3 Å². The molecule has 1 unspecified atom stereocenters. The summed E-state index contributed by atoms with van der Waals surface area (Å²) in [4.78, 5) is 14.4. The molecular formula is C17H24N2O. The summed E-state index contributed by atoms with van der Waals surface area (Å²) in [6.07, 6.45) is 7.63. The fraction of sp³-hybridized carbons (Fsp3) is 0.588. The molecule has 20 heavy (non-hydrogen) atoms. The first kappa shape index (κ1) is 13.6. The molecule has 1 N–H and O–H groups in total. The lowest BCUT2D eigenvalue weighted by molar-refractivity contribution is -0.118. The van der Waals surface area contributed by atoms with Crippen LogP contribution in [-0.2, 0) is 11.2 Å². The summed E-state index contributed by atoms with van der Waals surface area (Å²) in [6, 6.07) is 8.98. The van der Waals surface area contributed by atoms with Gasteiger partial charge in [0.25, 0.3) is 0 Å². The lowest BCUT2D eigenvalue weighted by Crippen LogP contribution is -2.39. The number of hydrogen-bond acceptors (Lipinski definition) is 2. The summed E-state index contributed by atoms with van der Waals surface area (Å²) < 4.78 is 0. The average Bonchev–Trinajstić information content (AvgIpc) is 2.65. The highest BCUT2D eigenvalue weighted by molar-refractivity contribution is 5.94. The number of carbonyl (C=O) groups excluding carboxylic acids is 1. The monoisotopic (exact) mass is 272 g/mol. The lowest BCUT2D eigenvalue weighted by atomic mass is 10.0. The number of rotatable bonds is 3. The van der Waals surface area contributed by atoms with Crippen LogP contribution in [0, 0.1) is 0 Å². The number of hydrogen-bond donors (Lipinski definition) is 1. The number of nitrogens with zero attached hydrogens (tertiary/aromatic N) is 1. The Kier molecular flexibility index (Phi) is 4.36. The van der Waals surface area contributed by atoms with Crippen molar-refractivity contribution in [2.75, 3.05) is 18.0 Å². The van der Waals surface area contributed by atoms with Crippen LogP contribution in [0.2, 0.25) is 0 Å². The van der Waals surface area contributed by atoms with Gasteiger partial charge in [-0.1, -0.05) is 24.6 Å². The van der Waals surface area contributed by atoms with Crippen molar-refractivity contribution in [3.8, 4) is 0 Å². The fourth-order valence-electron chi connectivity index (χ4n) is 3.39. The van der Waals surface area contributed by atoms with Crippen molar-refractivity contribution in [3.05, 3.63) is 29.8 Å². The Labute approximate surface area is 121 Å². The fourth-order valence-corrected chi connectivity index (χ4v) is 3.39. The summed E-state index contributed by atoms with van der Waals surface area (Å²) in [5.41, 5.74) is 2.47. The Morgan fingerprint density at radius 2 is 2.05 bits per heavy atom. The maximum atomic E-state index is 12.4. The summed E-state index contributed by atoms with van der Waals surface area (Å²) in [5, 5.41) is 3.58. The minimum Gasteiger partial charge on any atom is -0.314 e. The molecule has 1 saturated heterocycles. The van der Waals surface area contributed by atoms with Gasteiger partial charge in [0.2, 0.25) is 5.91 Å². The third kappa shape index (κ3) is 3.04. The normalized spacial score (nSPS) is 23.3. The minimum absolute atomic E-state index is 0.297. The van der Waals surface area contributed by atoms with Gasteiger partial charge in [0, 0.05) is 24.7 Å². The summed E-state index contributed by atoms with van der Waals surface area (Å²) >= 11 is 0. The van der Waals surface area contributed by atoms with E-state index in [1.165, 1.54) is 24.8 Å². The molecule has 2 aliphatic heterocycles. The van der Waals surface area contributed by atoms with Crippen LogP contribution in [0.4, 0.5) is 5.69 Å². The Balaban J connectivity index is 1.71. The van der Waals surface area contributed by atoms with Crippen LogP contribution in [0.5, 0.6) is 0 Å². The lowest BCUT2D eigenvalue weighted by Gasteiger charge is -2.28. The van der Waals surface area contributed by atoms with Crippen molar-refractivity contribution in [3.63, 3.8) is 0 Å². The number of piperidine rings is 1. The van der Waals surface area contributed by atoms with E-state index in [2.05, 4.69) is 23.5 Å². The van der Waals surface area contributed by atoms with Gasteiger partial charge in [0.1, 0.15) is 0 Å². The maximum Gasteiger partial charge on any atom is 0.226 e. The van der Waals surface area contributed by atoms with Crippen LogP contribution < -0.4 is 10.2 Å². The number of anilines is 1. The molecule has 0 aromatic heterocycles. The van der Waals surface area contributed by atoms with Crippen LogP contribution in [0.1, 0.15) is 44.1 Å². The Morgan fingerprint density at radius 1 is 1.15 bits per heavy atom. The molecule has 108 valence electrons. The number of nitrogens with one attached hydrogen (secondary N) is 1. The smallest absolute Gasteiger partial charge is 0.226 e. The van der Waals surface area contributed by atoms with Gasteiger partial charge in [-0.05, 0) is 50.3 Å². The molecule has 3 rings (SSSR count). The topological polar surface area (TPSA) is 32.3 Å². The molecule has 2 aliphatic rings. The van der Waals surface area contributed by atoms with E-state index < -0.39 is 0 Å². The van der Waals surface area contributed by atoms with Crippen LogP contribution in [0.25, 0.3) is 0 Å². The van der Waals surface area contributed by atoms with Gasteiger partial charge in [0.05, 0.1) is 0 Å². The van der Waals surface area contributed by atoms with E-state index in [1.807, 2.05) is 11.0 Å². The molecule has 0 spiro atoms. The zero-order valence-electron chi connectivity index (χ0n) is 12.1. The molecule has 3 nitrogen and oxygen atoms in total. The van der Waals surface area contributed by atoms with E-state index in [4.69, 9.17) is 0 Å². The van der Waals surface area contributed by atoms with Gasteiger partial charge in [-0.2, -0.15) is 0 Å². The predicted octanol–water partition coefficient (Wildman–Crippen LogP) is 2.89. The van der Waals surface area contributed by atoms with Gasteiger partial charge < -0.3 is 10.2 Å². The van der Waals surface area contributed by atoms with E-state index in [-0.39, 0.29) is 0 Å². The molecule has 1 atom stereocenters. The van der Waals surface area contributed by atoms with Gasteiger partial charge in [-0.15, -0.1) is 0 Å². The molecule has 1 aromatic carbocycles. The number of carbonyl (C=O) groups is 1. The molecule has 0 saturated carbocycles. The Morgan fingerprint density at radius 3 is 2.90 bits per heavy atom. The highest BCUT2D eigenvalue weighted by Crippen LogP contribution is 2.27. The van der Waals surface area contributed by atoms with E-state index in [0.717, 1.165) is 38.0 Å². The standard InChI is InChI=1S/C17H24N2O/c20-17-10-5-7-14-6-1-2-9-16(14)19(17)13-11-15-8-3-4-12-18-15/h1-2,6,9,15,18H,3-5,7-8,10-13H2. The predicted molar refractivity (Wildman–Crippen MR) is 82.0 cm³/mol. The first-order valence-electron chi connectivity index (χ1n) is 7.96. The van der Waals surface area contributed by atoms with E-state index >= 15 is 0 Å². The molecule has 0 aliphatic carbocycles. The van der Waals surface area contributed by atoms with Gasteiger partial charge >= 0.3 is 0 Å². The number of amides is 1. The van der Waals surface area contributed by atoms with Crippen molar-refractivity contribution in [2.45, 2.75) is 51.0 Å². The van der Waals surface area contributed by atoms with Crippen molar-refractivity contribution in [1.29, 1.82) is 0 Å². The molecule has 1 fully saturated rings. The second-order valence-electron chi connectivity index (χ2n) is 5.96. The molecule has 2 heterocycles. The molecule has 0 radical (unpaired) electrons. The Bertz CT molecular complexity index is 466. The van der Waals surface area contributed by atoms with Crippen LogP contribution in [-0.4, -0.2) is 25.0 Å².